The van der Waals surface area contributed by atoms with Crippen LogP contribution in [0.1, 0.15) is 23.2 Å². The van der Waals surface area contributed by atoms with E-state index in [1.165, 1.54) is 0 Å². The van der Waals surface area contributed by atoms with Gasteiger partial charge in [0.25, 0.3) is 5.56 Å². The third-order valence-corrected chi connectivity index (χ3v) is 5.58. The molecule has 0 saturated heterocycles. The number of fused-ring (bicyclic) bond motifs is 1. The Labute approximate surface area is 157 Å². The van der Waals surface area contributed by atoms with E-state index in [1.54, 1.807) is 30.1 Å². The van der Waals surface area contributed by atoms with Crippen LogP contribution in [0, 0.1) is 13.8 Å². The molecule has 0 aliphatic heterocycles. The summed E-state index contributed by atoms with van der Waals surface area (Å²) in [6, 6.07) is 6.03. The number of hydrogen-bond donors (Lipinski definition) is 0. The molecule has 138 valence electrons. The average Bonchev–Trinajstić information content (AvgIpc) is 2.96. The maximum Gasteiger partial charge on any atom is 0.262 e. The molecule has 0 aliphatic rings. The molecule has 0 saturated carbocycles. The number of aromatic nitrogens is 2. The zero-order valence-electron chi connectivity index (χ0n) is 15.9. The van der Waals surface area contributed by atoms with Crippen LogP contribution in [-0.4, -0.2) is 30.4 Å². The van der Waals surface area contributed by atoms with Gasteiger partial charge in [0.05, 0.1) is 25.6 Å². The van der Waals surface area contributed by atoms with Crippen molar-refractivity contribution in [3.05, 3.63) is 44.8 Å². The lowest BCUT2D eigenvalue weighted by Gasteiger charge is -2.12. The quantitative estimate of drug-likeness (QED) is 0.657. The van der Waals surface area contributed by atoms with Crippen LogP contribution >= 0.6 is 11.3 Å². The molecule has 0 unspecified atom stereocenters. The van der Waals surface area contributed by atoms with Gasteiger partial charge in [-0.05, 0) is 37.1 Å². The van der Waals surface area contributed by atoms with E-state index < -0.39 is 0 Å². The van der Waals surface area contributed by atoms with Crippen LogP contribution in [0.25, 0.3) is 21.3 Å². The molecule has 3 rings (SSSR count). The maximum atomic E-state index is 13.3. The summed E-state index contributed by atoms with van der Waals surface area (Å²) in [6.45, 7) is 7.07. The van der Waals surface area contributed by atoms with E-state index in [9.17, 15) is 4.79 Å². The highest BCUT2D eigenvalue weighted by Crippen LogP contribution is 2.37. The Balaban J connectivity index is 2.28. The van der Waals surface area contributed by atoms with Crippen molar-refractivity contribution in [2.24, 2.45) is 0 Å². The summed E-state index contributed by atoms with van der Waals surface area (Å²) in [4.78, 5) is 20.0. The monoisotopic (exact) mass is 372 g/mol. The predicted molar refractivity (Wildman–Crippen MR) is 107 cm³/mol. The smallest absolute Gasteiger partial charge is 0.262 e. The van der Waals surface area contributed by atoms with Gasteiger partial charge in [0.2, 0.25) is 0 Å². The summed E-state index contributed by atoms with van der Waals surface area (Å²) >= 11 is 1.58. The second-order valence-electron chi connectivity index (χ2n) is 6.23. The third-order valence-electron chi connectivity index (χ3n) is 4.59. The first-order chi connectivity index (χ1) is 12.5. The van der Waals surface area contributed by atoms with Crippen molar-refractivity contribution in [2.45, 2.75) is 33.7 Å². The normalized spacial score (nSPS) is 11.3. The summed E-state index contributed by atoms with van der Waals surface area (Å²) < 4.78 is 12.3. The van der Waals surface area contributed by atoms with Crippen LogP contribution in [-0.2, 0) is 17.7 Å². The second kappa shape index (κ2) is 7.60. The Kier molecular flexibility index (Phi) is 5.44. The van der Waals surface area contributed by atoms with Gasteiger partial charge in [-0.15, -0.1) is 11.3 Å². The SMILES string of the molecule is CCc1nc2sc(C)c(-c3ccc(OC)c(C)c3)c2c(=O)n1CCOC. The van der Waals surface area contributed by atoms with Crippen molar-refractivity contribution >= 4 is 21.6 Å². The molecule has 6 heteroatoms. The molecular formula is C20H24N2O3S. The summed E-state index contributed by atoms with van der Waals surface area (Å²) in [7, 11) is 3.31. The van der Waals surface area contributed by atoms with E-state index in [4.69, 9.17) is 14.5 Å². The number of hydrogen-bond acceptors (Lipinski definition) is 5. The first-order valence-electron chi connectivity index (χ1n) is 8.68. The van der Waals surface area contributed by atoms with E-state index in [0.29, 0.717) is 25.0 Å². The van der Waals surface area contributed by atoms with E-state index >= 15 is 0 Å². The largest absolute Gasteiger partial charge is 0.496 e. The molecule has 0 spiro atoms. The van der Waals surface area contributed by atoms with Crippen LogP contribution in [0.4, 0.5) is 0 Å². The number of ether oxygens (including phenoxy) is 2. The van der Waals surface area contributed by atoms with Gasteiger partial charge >= 0.3 is 0 Å². The number of rotatable bonds is 6. The molecule has 0 fully saturated rings. The predicted octanol–water partition coefficient (Wildman–Crippen LogP) is 3.96. The minimum Gasteiger partial charge on any atom is -0.496 e. The van der Waals surface area contributed by atoms with Crippen molar-refractivity contribution in [1.82, 2.24) is 9.55 Å². The highest BCUT2D eigenvalue weighted by atomic mass is 32.1. The minimum absolute atomic E-state index is 0.0109. The number of methoxy groups -OCH3 is 2. The van der Waals surface area contributed by atoms with E-state index in [1.807, 2.05) is 32.9 Å². The fraction of sp³-hybridized carbons (Fsp3) is 0.400. The summed E-state index contributed by atoms with van der Waals surface area (Å²) in [6.07, 6.45) is 0.711. The average molecular weight is 372 g/mol. The van der Waals surface area contributed by atoms with Gasteiger partial charge < -0.3 is 9.47 Å². The van der Waals surface area contributed by atoms with Crippen molar-refractivity contribution < 1.29 is 9.47 Å². The Hall–Kier alpha value is -2.18. The van der Waals surface area contributed by atoms with Gasteiger partial charge in [-0.1, -0.05) is 13.0 Å². The Morgan fingerprint density at radius 3 is 2.62 bits per heavy atom. The molecule has 0 amide bonds. The first kappa shape index (κ1) is 18.6. The van der Waals surface area contributed by atoms with Crippen LogP contribution in [0.5, 0.6) is 5.75 Å². The molecule has 0 aliphatic carbocycles. The van der Waals surface area contributed by atoms with Gasteiger partial charge in [0.1, 0.15) is 16.4 Å². The Morgan fingerprint density at radius 2 is 2.00 bits per heavy atom. The molecule has 26 heavy (non-hydrogen) atoms. The minimum atomic E-state index is 0.0109. The molecule has 0 bridgehead atoms. The van der Waals surface area contributed by atoms with Crippen molar-refractivity contribution in [2.75, 3.05) is 20.8 Å². The molecule has 2 aromatic heterocycles. The van der Waals surface area contributed by atoms with Crippen LogP contribution < -0.4 is 10.3 Å². The fourth-order valence-electron chi connectivity index (χ4n) is 3.30. The molecule has 2 heterocycles. The van der Waals surface area contributed by atoms with Crippen molar-refractivity contribution in [3.63, 3.8) is 0 Å². The standard InChI is InChI=1S/C20H24N2O3S/c1-6-16-21-19-18(20(23)22(16)9-10-24-4)17(13(3)26-19)14-7-8-15(25-5)12(2)11-14/h7-8,11H,6,9-10H2,1-5H3. The molecular weight excluding hydrogens is 348 g/mol. The number of nitrogens with zero attached hydrogens (tertiary/aromatic N) is 2. The van der Waals surface area contributed by atoms with Gasteiger partial charge in [-0.2, -0.15) is 0 Å². The first-order valence-corrected chi connectivity index (χ1v) is 9.50. The van der Waals surface area contributed by atoms with Crippen LogP contribution in [0.15, 0.2) is 23.0 Å². The third kappa shape index (κ3) is 3.15. The lowest BCUT2D eigenvalue weighted by molar-refractivity contribution is 0.185. The van der Waals surface area contributed by atoms with E-state index in [-0.39, 0.29) is 5.56 Å². The molecule has 0 N–H and O–H groups in total. The maximum absolute atomic E-state index is 13.3. The summed E-state index contributed by atoms with van der Waals surface area (Å²) in [5.41, 5.74) is 3.05. The fourth-order valence-corrected chi connectivity index (χ4v) is 4.36. The number of thiophene rings is 1. The highest BCUT2D eigenvalue weighted by molar-refractivity contribution is 7.19. The van der Waals surface area contributed by atoms with Gasteiger partial charge in [0.15, 0.2) is 0 Å². The lowest BCUT2D eigenvalue weighted by atomic mass is 10.0. The topological polar surface area (TPSA) is 53.3 Å². The van der Waals surface area contributed by atoms with E-state index in [2.05, 4.69) is 6.07 Å². The Morgan fingerprint density at radius 1 is 1.23 bits per heavy atom. The second-order valence-corrected chi connectivity index (χ2v) is 7.43. The van der Waals surface area contributed by atoms with Gasteiger partial charge in [-0.25, -0.2) is 4.98 Å². The Bertz CT molecular complexity index is 1000. The lowest BCUT2D eigenvalue weighted by Crippen LogP contribution is -2.26. The van der Waals surface area contributed by atoms with Crippen LogP contribution in [0.3, 0.4) is 0 Å². The molecule has 3 aromatic rings. The molecule has 0 radical (unpaired) electrons. The van der Waals surface area contributed by atoms with Crippen LogP contribution in [0.2, 0.25) is 0 Å². The summed E-state index contributed by atoms with van der Waals surface area (Å²) in [5.74, 6) is 1.65. The number of benzene rings is 1. The number of aryl methyl sites for hydroxylation is 3. The molecule has 0 atom stereocenters. The highest BCUT2D eigenvalue weighted by Gasteiger charge is 2.19. The zero-order valence-corrected chi connectivity index (χ0v) is 16.7. The van der Waals surface area contributed by atoms with Crippen molar-refractivity contribution in [1.29, 1.82) is 0 Å². The van der Waals surface area contributed by atoms with Gasteiger partial charge in [-0.3, -0.25) is 9.36 Å². The zero-order chi connectivity index (χ0) is 18.8. The molecule has 5 nitrogen and oxygen atoms in total. The van der Waals surface area contributed by atoms with E-state index in [0.717, 1.165) is 38.0 Å². The summed E-state index contributed by atoms with van der Waals surface area (Å²) in [5, 5.41) is 0.699. The van der Waals surface area contributed by atoms with Gasteiger partial charge in [0, 0.05) is 24.0 Å². The molecule has 1 aromatic carbocycles. The van der Waals surface area contributed by atoms with Crippen molar-refractivity contribution in [3.8, 4) is 16.9 Å².